The highest BCUT2D eigenvalue weighted by atomic mass is 15.0. The molecule has 6 aliphatic rings. The van der Waals surface area contributed by atoms with Gasteiger partial charge in [-0.1, -0.05) is 6.92 Å². The maximum atomic E-state index is 2.60. The largest absolute Gasteiger partial charge is 0.0617 e. The Bertz CT molecular complexity index is 399. The van der Waals surface area contributed by atoms with Gasteiger partial charge in [-0.15, -0.1) is 0 Å². The van der Waals surface area contributed by atoms with E-state index in [1.165, 1.54) is 35.5 Å². The lowest BCUT2D eigenvalue weighted by molar-refractivity contribution is 0.131. The van der Waals surface area contributed by atoms with E-state index in [2.05, 4.69) is 6.92 Å². The summed E-state index contributed by atoms with van der Waals surface area (Å²) in [5.74, 6) is 8.53. The average molecular weight is 200 g/mol. The molecule has 0 heterocycles. The highest BCUT2D eigenvalue weighted by Gasteiger charge is 2.92. The molecule has 0 aromatic carbocycles. The third-order valence-corrected chi connectivity index (χ3v) is 8.35. The molecule has 80 valence electrons. The number of rotatable bonds is 0. The average Bonchev–Trinajstić information content (AvgIpc) is 2.83. The summed E-state index contributed by atoms with van der Waals surface area (Å²) >= 11 is 0. The summed E-state index contributed by atoms with van der Waals surface area (Å²) in [5, 5.41) is 0. The minimum absolute atomic E-state index is 0.952. The van der Waals surface area contributed by atoms with Crippen molar-refractivity contribution in [3.05, 3.63) is 0 Å². The van der Waals surface area contributed by atoms with Crippen LogP contribution < -0.4 is 0 Å². The second-order valence-electron chi connectivity index (χ2n) is 8.03. The van der Waals surface area contributed by atoms with Gasteiger partial charge in [0.25, 0.3) is 0 Å². The fourth-order valence-electron chi connectivity index (χ4n) is 8.34. The molecule has 9 unspecified atom stereocenters. The summed E-state index contributed by atoms with van der Waals surface area (Å²) < 4.78 is 0. The van der Waals surface area contributed by atoms with Gasteiger partial charge in [0.05, 0.1) is 0 Å². The second-order valence-corrected chi connectivity index (χ2v) is 8.03. The monoisotopic (exact) mass is 200 g/mol. The van der Waals surface area contributed by atoms with Crippen molar-refractivity contribution in [3.63, 3.8) is 0 Å². The van der Waals surface area contributed by atoms with Crippen LogP contribution in [-0.4, -0.2) is 0 Å². The molecule has 0 nitrogen and oxygen atoms in total. The van der Waals surface area contributed by atoms with Crippen LogP contribution >= 0.6 is 0 Å². The van der Waals surface area contributed by atoms with Crippen LogP contribution in [0, 0.1) is 52.3 Å². The first kappa shape index (κ1) is 7.35. The summed E-state index contributed by atoms with van der Waals surface area (Å²) in [6.45, 7) is 2.60. The predicted octanol–water partition coefficient (Wildman–Crippen LogP) is 3.32. The molecule has 0 aromatic heterocycles. The molecule has 0 heteroatoms. The van der Waals surface area contributed by atoms with Crippen molar-refractivity contribution in [1.29, 1.82) is 0 Å². The summed E-state index contributed by atoms with van der Waals surface area (Å²) in [4.78, 5) is 0. The fourth-order valence-corrected chi connectivity index (χ4v) is 8.34. The molecule has 2 spiro atoms. The highest BCUT2D eigenvalue weighted by Crippen LogP contribution is 2.98. The van der Waals surface area contributed by atoms with E-state index in [1.54, 1.807) is 32.1 Å². The Kier molecular flexibility index (Phi) is 0.803. The Morgan fingerprint density at radius 2 is 1.80 bits per heavy atom. The molecule has 0 amide bonds. The lowest BCUT2D eigenvalue weighted by Gasteiger charge is -2.34. The minimum Gasteiger partial charge on any atom is -0.0617 e. The van der Waals surface area contributed by atoms with Crippen LogP contribution in [0.25, 0.3) is 0 Å². The van der Waals surface area contributed by atoms with Crippen LogP contribution in [-0.2, 0) is 0 Å². The number of fused-ring (bicyclic) bond motifs is 6. The van der Waals surface area contributed by atoms with Gasteiger partial charge in [0.2, 0.25) is 0 Å². The van der Waals surface area contributed by atoms with Gasteiger partial charge in [-0.05, 0) is 84.4 Å². The van der Waals surface area contributed by atoms with Crippen LogP contribution in [0.2, 0.25) is 0 Å². The molecule has 15 heavy (non-hydrogen) atoms. The van der Waals surface area contributed by atoms with E-state index in [4.69, 9.17) is 0 Å². The molecule has 0 saturated heterocycles. The van der Waals surface area contributed by atoms with Gasteiger partial charge in [0.15, 0.2) is 0 Å². The molecular formula is C15H20. The van der Waals surface area contributed by atoms with E-state index in [1.807, 2.05) is 0 Å². The first-order valence-corrected chi connectivity index (χ1v) is 7.29. The third-order valence-electron chi connectivity index (χ3n) is 8.35. The van der Waals surface area contributed by atoms with E-state index >= 15 is 0 Å². The zero-order valence-electron chi connectivity index (χ0n) is 9.58. The van der Waals surface area contributed by atoms with Crippen LogP contribution in [0.5, 0.6) is 0 Å². The third kappa shape index (κ3) is 0.463. The van der Waals surface area contributed by atoms with Crippen LogP contribution in [0.15, 0.2) is 0 Å². The van der Waals surface area contributed by atoms with Crippen LogP contribution in [0.3, 0.4) is 0 Å². The molecule has 6 saturated carbocycles. The standard InChI is InChI=1S/C15H20/c1-7-11-10-5-14(10)6-15(7,11)13-9-3-2-8(4-9)12(13)14/h7-13H,2-6H2,1H3. The Morgan fingerprint density at radius 3 is 2.67 bits per heavy atom. The highest BCUT2D eigenvalue weighted by molar-refractivity contribution is 5.40. The summed E-state index contributed by atoms with van der Waals surface area (Å²) in [6.07, 6.45) is 8.28. The first-order chi connectivity index (χ1) is 7.29. The minimum atomic E-state index is 0.952. The molecular weight excluding hydrogens is 180 g/mol. The van der Waals surface area contributed by atoms with E-state index in [9.17, 15) is 0 Å². The predicted molar refractivity (Wildman–Crippen MR) is 58.1 cm³/mol. The fraction of sp³-hybridized carbons (Fsp3) is 1.00. The van der Waals surface area contributed by atoms with Gasteiger partial charge in [0.1, 0.15) is 0 Å². The van der Waals surface area contributed by atoms with Crippen molar-refractivity contribution in [3.8, 4) is 0 Å². The molecule has 4 bridgehead atoms. The van der Waals surface area contributed by atoms with Crippen molar-refractivity contribution in [1.82, 2.24) is 0 Å². The smallest absolute Gasteiger partial charge is 0.0196 e. The number of hydrogen-bond acceptors (Lipinski definition) is 0. The SMILES string of the molecule is CC1C2C3CC34CC12C1C2CCC(C2)C14. The zero-order chi connectivity index (χ0) is 9.58. The number of hydrogen-bond donors (Lipinski definition) is 0. The van der Waals surface area contributed by atoms with Gasteiger partial charge in [-0.2, -0.15) is 0 Å². The van der Waals surface area contributed by atoms with Gasteiger partial charge in [-0.25, -0.2) is 0 Å². The van der Waals surface area contributed by atoms with E-state index < -0.39 is 0 Å². The normalized spacial score (nSPS) is 84.2. The molecule has 6 rings (SSSR count). The maximum Gasteiger partial charge on any atom is -0.0196 e. The second kappa shape index (κ2) is 1.64. The van der Waals surface area contributed by atoms with E-state index in [0.29, 0.717) is 0 Å². The molecule has 6 fully saturated rings. The Morgan fingerprint density at radius 1 is 1.00 bits per heavy atom. The Balaban J connectivity index is 1.62. The molecule has 6 aliphatic carbocycles. The summed E-state index contributed by atoms with van der Waals surface area (Å²) in [7, 11) is 0. The summed E-state index contributed by atoms with van der Waals surface area (Å²) in [6, 6.07) is 0. The van der Waals surface area contributed by atoms with Gasteiger partial charge in [0, 0.05) is 0 Å². The maximum absolute atomic E-state index is 2.60. The van der Waals surface area contributed by atoms with Crippen molar-refractivity contribution in [2.24, 2.45) is 52.3 Å². The first-order valence-electron chi connectivity index (χ1n) is 7.29. The lowest BCUT2D eigenvalue weighted by Crippen LogP contribution is -2.30. The lowest BCUT2D eigenvalue weighted by atomic mass is 9.70. The van der Waals surface area contributed by atoms with Gasteiger partial charge in [-0.3, -0.25) is 0 Å². The van der Waals surface area contributed by atoms with Crippen LogP contribution in [0.4, 0.5) is 0 Å². The van der Waals surface area contributed by atoms with Crippen molar-refractivity contribution < 1.29 is 0 Å². The van der Waals surface area contributed by atoms with Crippen molar-refractivity contribution in [2.75, 3.05) is 0 Å². The molecule has 0 radical (unpaired) electrons. The zero-order valence-corrected chi connectivity index (χ0v) is 9.58. The van der Waals surface area contributed by atoms with E-state index in [0.717, 1.165) is 16.7 Å². The van der Waals surface area contributed by atoms with Gasteiger partial charge >= 0.3 is 0 Å². The van der Waals surface area contributed by atoms with Crippen molar-refractivity contribution in [2.45, 2.75) is 39.0 Å². The van der Waals surface area contributed by atoms with Gasteiger partial charge < -0.3 is 0 Å². The molecule has 9 atom stereocenters. The molecule has 0 aliphatic heterocycles. The Hall–Kier alpha value is 0. The topological polar surface area (TPSA) is 0 Å². The van der Waals surface area contributed by atoms with Crippen LogP contribution in [0.1, 0.15) is 39.0 Å². The van der Waals surface area contributed by atoms with Crippen molar-refractivity contribution >= 4 is 0 Å². The summed E-state index contributed by atoms with van der Waals surface area (Å²) in [5.41, 5.74) is 1.93. The Labute approximate surface area is 91.8 Å². The molecule has 0 aromatic rings. The molecule has 0 N–H and O–H groups in total. The van der Waals surface area contributed by atoms with E-state index in [-0.39, 0.29) is 0 Å². The quantitative estimate of drug-likeness (QED) is 0.562.